The van der Waals surface area contributed by atoms with E-state index in [-0.39, 0.29) is 17.4 Å². The minimum absolute atomic E-state index is 0.136. The van der Waals surface area contributed by atoms with Gasteiger partial charge in [-0.1, -0.05) is 19.8 Å². The van der Waals surface area contributed by atoms with E-state index in [1.807, 2.05) is 6.92 Å². The van der Waals surface area contributed by atoms with Gasteiger partial charge in [-0.05, 0) is 32.7 Å². The summed E-state index contributed by atoms with van der Waals surface area (Å²) in [7, 11) is 2.10. The maximum absolute atomic E-state index is 7.43. The normalized spacial score (nSPS) is 28.1. The van der Waals surface area contributed by atoms with E-state index in [0.717, 1.165) is 13.1 Å². The molecule has 0 aromatic rings. The average molecular weight is 253 g/mol. The highest BCUT2D eigenvalue weighted by Gasteiger charge is 2.42. The Hall–Kier alpha value is -0.610. The van der Waals surface area contributed by atoms with Crippen LogP contribution in [0.1, 0.15) is 45.4 Å². The maximum Gasteiger partial charge on any atom is 0.0947 e. The van der Waals surface area contributed by atoms with Crippen molar-refractivity contribution < 1.29 is 4.74 Å². The largest absolute Gasteiger partial charge is 0.387 e. The molecule has 104 valence electrons. The second kappa shape index (κ2) is 5.57. The molecule has 1 aliphatic carbocycles. The van der Waals surface area contributed by atoms with E-state index in [9.17, 15) is 0 Å². The van der Waals surface area contributed by atoms with Crippen LogP contribution in [0, 0.1) is 11.3 Å². The lowest BCUT2D eigenvalue weighted by Gasteiger charge is -2.27. The summed E-state index contributed by atoms with van der Waals surface area (Å²) >= 11 is 0. The van der Waals surface area contributed by atoms with E-state index >= 15 is 0 Å². The molecule has 2 atom stereocenters. The first-order valence-corrected chi connectivity index (χ1v) is 7.21. The quantitative estimate of drug-likeness (QED) is 0.582. The molecular formula is C14H27N3O. The Kier molecular flexibility index (Phi) is 4.28. The van der Waals surface area contributed by atoms with Gasteiger partial charge in [-0.25, -0.2) is 0 Å². The predicted molar refractivity (Wildman–Crippen MR) is 73.9 cm³/mol. The van der Waals surface area contributed by atoms with E-state index in [2.05, 4.69) is 11.9 Å². The van der Waals surface area contributed by atoms with Gasteiger partial charge in [0.05, 0.1) is 17.5 Å². The minimum atomic E-state index is 0.136. The minimum Gasteiger partial charge on any atom is -0.387 e. The van der Waals surface area contributed by atoms with Gasteiger partial charge >= 0.3 is 0 Å². The van der Waals surface area contributed by atoms with Gasteiger partial charge in [-0.2, -0.15) is 0 Å². The van der Waals surface area contributed by atoms with Gasteiger partial charge in [0.1, 0.15) is 0 Å². The van der Waals surface area contributed by atoms with Crippen LogP contribution in [0.25, 0.3) is 0 Å². The van der Waals surface area contributed by atoms with Crippen molar-refractivity contribution in [1.29, 1.82) is 5.41 Å². The smallest absolute Gasteiger partial charge is 0.0947 e. The molecule has 4 nitrogen and oxygen atoms in total. The van der Waals surface area contributed by atoms with Gasteiger partial charge in [-0.3, -0.25) is 5.41 Å². The second-order valence-corrected chi connectivity index (χ2v) is 6.25. The van der Waals surface area contributed by atoms with Gasteiger partial charge in [0.15, 0.2) is 0 Å². The lowest BCUT2D eigenvalue weighted by molar-refractivity contribution is -0.0454. The highest BCUT2D eigenvalue weighted by Crippen LogP contribution is 2.43. The topological polar surface area (TPSA) is 62.3 Å². The van der Waals surface area contributed by atoms with Gasteiger partial charge in [0.2, 0.25) is 0 Å². The van der Waals surface area contributed by atoms with Crippen LogP contribution in [-0.4, -0.2) is 42.6 Å². The first kappa shape index (κ1) is 13.8. The standard InChI is InChI=1S/C14H27N3O/c1-11(13(15)16)9-17(2)10-12-5-8-14(18-12)6-3-4-7-14/h11-12H,3-10H2,1-2H3,(H3,15,16). The summed E-state index contributed by atoms with van der Waals surface area (Å²) in [5, 5.41) is 7.43. The van der Waals surface area contributed by atoms with Crippen LogP contribution in [0.2, 0.25) is 0 Å². The molecule has 3 N–H and O–H groups in total. The third kappa shape index (κ3) is 3.23. The monoisotopic (exact) mass is 253 g/mol. The van der Waals surface area contributed by atoms with Crippen LogP contribution in [0.3, 0.4) is 0 Å². The molecule has 1 spiro atoms. The number of hydrogen-bond acceptors (Lipinski definition) is 3. The predicted octanol–water partition coefficient (Wildman–Crippen LogP) is 1.98. The fourth-order valence-corrected chi connectivity index (χ4v) is 3.40. The number of ether oxygens (including phenoxy) is 1. The molecule has 1 heterocycles. The number of nitrogens with zero attached hydrogens (tertiary/aromatic N) is 1. The van der Waals surface area contributed by atoms with E-state index in [0.29, 0.717) is 6.10 Å². The molecule has 2 unspecified atom stereocenters. The zero-order chi connectivity index (χ0) is 13.2. The van der Waals surface area contributed by atoms with E-state index in [4.69, 9.17) is 15.9 Å². The van der Waals surface area contributed by atoms with E-state index < -0.39 is 0 Å². The third-order valence-corrected chi connectivity index (χ3v) is 4.49. The van der Waals surface area contributed by atoms with Gasteiger partial charge < -0.3 is 15.4 Å². The molecule has 4 heteroatoms. The van der Waals surface area contributed by atoms with Crippen LogP contribution < -0.4 is 5.73 Å². The van der Waals surface area contributed by atoms with Crippen molar-refractivity contribution in [3.63, 3.8) is 0 Å². The molecule has 2 aliphatic rings. The maximum atomic E-state index is 7.43. The van der Waals surface area contributed by atoms with E-state index in [1.54, 1.807) is 0 Å². The zero-order valence-corrected chi connectivity index (χ0v) is 11.7. The first-order chi connectivity index (χ1) is 8.51. The van der Waals surface area contributed by atoms with Crippen molar-refractivity contribution in [3.8, 4) is 0 Å². The highest BCUT2D eigenvalue weighted by molar-refractivity contribution is 5.79. The molecule has 1 saturated heterocycles. The van der Waals surface area contributed by atoms with E-state index in [1.165, 1.54) is 38.5 Å². The Labute approximate surface area is 110 Å². The van der Waals surface area contributed by atoms with Gasteiger partial charge in [-0.15, -0.1) is 0 Å². The van der Waals surface area contributed by atoms with Crippen LogP contribution in [0.4, 0.5) is 0 Å². The summed E-state index contributed by atoms with van der Waals surface area (Å²) < 4.78 is 6.30. The Bertz CT molecular complexity index is 299. The molecular weight excluding hydrogens is 226 g/mol. The SMILES string of the molecule is CC(CN(C)CC1CCC2(CCCC2)O1)C(=N)N. The summed E-state index contributed by atoms with van der Waals surface area (Å²) in [5.41, 5.74) is 5.75. The molecule has 18 heavy (non-hydrogen) atoms. The fraction of sp³-hybridized carbons (Fsp3) is 0.929. The molecule has 0 bridgehead atoms. The van der Waals surface area contributed by atoms with Crippen molar-refractivity contribution in [2.75, 3.05) is 20.1 Å². The summed E-state index contributed by atoms with van der Waals surface area (Å²) in [4.78, 5) is 2.25. The molecule has 1 aliphatic heterocycles. The fourth-order valence-electron chi connectivity index (χ4n) is 3.40. The van der Waals surface area contributed by atoms with Crippen LogP contribution >= 0.6 is 0 Å². The molecule has 2 rings (SSSR count). The van der Waals surface area contributed by atoms with Gasteiger partial charge in [0.25, 0.3) is 0 Å². The number of amidine groups is 1. The van der Waals surface area contributed by atoms with Crippen LogP contribution in [-0.2, 0) is 4.74 Å². The number of rotatable bonds is 5. The van der Waals surface area contributed by atoms with Crippen LogP contribution in [0.5, 0.6) is 0 Å². The lowest BCUT2D eigenvalue weighted by atomic mass is 9.98. The Morgan fingerprint density at radius 2 is 2.11 bits per heavy atom. The lowest BCUT2D eigenvalue weighted by Crippen LogP contribution is -2.37. The number of hydrogen-bond donors (Lipinski definition) is 2. The zero-order valence-electron chi connectivity index (χ0n) is 11.7. The Balaban J connectivity index is 1.75. The molecule has 1 saturated carbocycles. The molecule has 0 radical (unpaired) electrons. The average Bonchev–Trinajstić information content (AvgIpc) is 2.90. The Morgan fingerprint density at radius 3 is 2.72 bits per heavy atom. The Morgan fingerprint density at radius 1 is 1.44 bits per heavy atom. The third-order valence-electron chi connectivity index (χ3n) is 4.49. The molecule has 0 amide bonds. The molecule has 2 fully saturated rings. The summed E-state index contributed by atoms with van der Waals surface area (Å²) in [6, 6.07) is 0. The summed E-state index contributed by atoms with van der Waals surface area (Å²) in [6.45, 7) is 3.83. The highest BCUT2D eigenvalue weighted by atomic mass is 16.5. The van der Waals surface area contributed by atoms with Crippen molar-refractivity contribution >= 4 is 5.84 Å². The van der Waals surface area contributed by atoms with Crippen molar-refractivity contribution in [2.45, 2.75) is 57.2 Å². The summed E-state index contributed by atoms with van der Waals surface area (Å²) in [6.07, 6.45) is 8.02. The number of nitrogens with one attached hydrogen (secondary N) is 1. The molecule has 0 aromatic carbocycles. The van der Waals surface area contributed by atoms with Crippen molar-refractivity contribution in [2.24, 2.45) is 11.7 Å². The summed E-state index contributed by atoms with van der Waals surface area (Å²) in [5.74, 6) is 0.415. The first-order valence-electron chi connectivity index (χ1n) is 7.21. The number of nitrogens with two attached hydrogens (primary N) is 1. The van der Waals surface area contributed by atoms with Crippen molar-refractivity contribution in [1.82, 2.24) is 4.90 Å². The molecule has 0 aromatic heterocycles. The second-order valence-electron chi connectivity index (χ2n) is 6.25. The van der Waals surface area contributed by atoms with Crippen molar-refractivity contribution in [3.05, 3.63) is 0 Å². The number of likely N-dealkylation sites (N-methyl/N-ethyl adjacent to an activating group) is 1. The van der Waals surface area contributed by atoms with Crippen LogP contribution in [0.15, 0.2) is 0 Å². The van der Waals surface area contributed by atoms with Gasteiger partial charge in [0, 0.05) is 19.0 Å².